The van der Waals surface area contributed by atoms with Gasteiger partial charge in [0, 0.05) is 0 Å². The van der Waals surface area contributed by atoms with E-state index in [2.05, 4.69) is 6.92 Å². The molecule has 0 aromatic heterocycles. The highest BCUT2D eigenvalue weighted by Gasteiger charge is 2.11. The first-order valence-corrected chi connectivity index (χ1v) is 8.55. The molecule has 0 aliphatic rings. The number of rotatable bonds is 9. The van der Waals surface area contributed by atoms with Gasteiger partial charge < -0.3 is 14.6 Å². The van der Waals surface area contributed by atoms with E-state index in [9.17, 15) is 9.90 Å². The maximum absolute atomic E-state index is 11.7. The van der Waals surface area contributed by atoms with Crippen molar-refractivity contribution >= 4 is 17.6 Å². The Morgan fingerprint density at radius 3 is 2.44 bits per heavy atom. The minimum Gasteiger partial charge on any atom is -0.494 e. The first kappa shape index (κ1) is 18.6. The molecule has 0 heterocycles. The van der Waals surface area contributed by atoms with Crippen molar-refractivity contribution in [3.05, 3.63) is 59.7 Å². The van der Waals surface area contributed by atoms with Crippen LogP contribution in [0.2, 0.25) is 0 Å². The van der Waals surface area contributed by atoms with Crippen molar-refractivity contribution in [2.75, 3.05) is 13.2 Å². The van der Waals surface area contributed by atoms with E-state index in [4.69, 9.17) is 9.47 Å². The van der Waals surface area contributed by atoms with Gasteiger partial charge in [-0.05, 0) is 54.8 Å². The summed E-state index contributed by atoms with van der Waals surface area (Å²) >= 11 is 0. The molecule has 2 aromatic rings. The number of unbranched alkanes of at least 4 members (excludes halogenated alkanes) is 1. The van der Waals surface area contributed by atoms with Crippen molar-refractivity contribution in [3.63, 3.8) is 0 Å². The van der Waals surface area contributed by atoms with Crippen LogP contribution < -0.4 is 9.47 Å². The highest BCUT2D eigenvalue weighted by atomic mass is 16.5. The normalized spacial score (nSPS) is 11.2. The molecular formula is C21H24O4. The smallest absolute Gasteiger partial charge is 0.336 e. The largest absolute Gasteiger partial charge is 0.494 e. The van der Waals surface area contributed by atoms with Crippen molar-refractivity contribution in [2.45, 2.75) is 26.7 Å². The van der Waals surface area contributed by atoms with Crippen LogP contribution in [0.4, 0.5) is 0 Å². The number of benzene rings is 2. The monoisotopic (exact) mass is 340 g/mol. The quantitative estimate of drug-likeness (QED) is 0.401. The zero-order valence-electron chi connectivity index (χ0n) is 14.7. The Bertz CT molecular complexity index is 717. The minimum absolute atomic E-state index is 0.223. The first-order valence-electron chi connectivity index (χ1n) is 8.55. The Hall–Kier alpha value is -2.75. The Balaban J connectivity index is 2.22. The van der Waals surface area contributed by atoms with E-state index in [0.717, 1.165) is 24.2 Å². The first-order chi connectivity index (χ1) is 12.1. The van der Waals surface area contributed by atoms with E-state index in [-0.39, 0.29) is 5.57 Å². The standard InChI is InChI=1S/C21H24O4/c1-3-5-13-25-18-11-9-16(10-12-18)14-20(21(22)23)17-7-6-8-19(15-17)24-4-2/h6-12,14-15H,3-5,13H2,1-2H3,(H,22,23)/b20-14-. The summed E-state index contributed by atoms with van der Waals surface area (Å²) in [6.45, 7) is 5.24. The fraction of sp³-hybridized carbons (Fsp3) is 0.286. The van der Waals surface area contributed by atoms with E-state index in [1.807, 2.05) is 37.3 Å². The van der Waals surface area contributed by atoms with Gasteiger partial charge in [-0.25, -0.2) is 4.79 Å². The van der Waals surface area contributed by atoms with Gasteiger partial charge in [0.2, 0.25) is 0 Å². The molecule has 0 aliphatic carbocycles. The van der Waals surface area contributed by atoms with Gasteiger partial charge in [-0.1, -0.05) is 37.6 Å². The number of carboxylic acids is 1. The van der Waals surface area contributed by atoms with Crippen LogP contribution in [0, 0.1) is 0 Å². The van der Waals surface area contributed by atoms with Gasteiger partial charge in [0.15, 0.2) is 0 Å². The second kappa shape index (κ2) is 9.52. The predicted molar refractivity (Wildman–Crippen MR) is 100.0 cm³/mol. The summed E-state index contributed by atoms with van der Waals surface area (Å²) in [5.74, 6) is 0.476. The molecule has 0 bridgehead atoms. The lowest BCUT2D eigenvalue weighted by atomic mass is 10.0. The van der Waals surface area contributed by atoms with E-state index in [0.29, 0.717) is 24.5 Å². The molecule has 25 heavy (non-hydrogen) atoms. The third-order valence-electron chi connectivity index (χ3n) is 3.64. The van der Waals surface area contributed by atoms with Crippen LogP contribution in [-0.4, -0.2) is 24.3 Å². The molecule has 2 rings (SSSR count). The average molecular weight is 340 g/mol. The lowest BCUT2D eigenvalue weighted by molar-refractivity contribution is -0.130. The SMILES string of the molecule is CCCCOc1ccc(/C=C(\C(=O)O)c2cccc(OCC)c2)cc1. The highest BCUT2D eigenvalue weighted by molar-refractivity contribution is 6.20. The molecule has 0 aliphatic heterocycles. The maximum Gasteiger partial charge on any atom is 0.336 e. The fourth-order valence-electron chi connectivity index (χ4n) is 2.35. The summed E-state index contributed by atoms with van der Waals surface area (Å²) < 4.78 is 11.1. The molecule has 2 aromatic carbocycles. The zero-order chi connectivity index (χ0) is 18.1. The average Bonchev–Trinajstić information content (AvgIpc) is 2.61. The maximum atomic E-state index is 11.7. The summed E-state index contributed by atoms with van der Waals surface area (Å²) in [5, 5.41) is 9.57. The highest BCUT2D eigenvalue weighted by Crippen LogP contribution is 2.24. The van der Waals surface area contributed by atoms with Crippen LogP contribution in [0.15, 0.2) is 48.5 Å². The Labute approximate surface area is 148 Å². The van der Waals surface area contributed by atoms with Crippen LogP contribution in [0.5, 0.6) is 11.5 Å². The Kier molecular flexibility index (Phi) is 7.08. The van der Waals surface area contributed by atoms with Crippen LogP contribution >= 0.6 is 0 Å². The number of carbonyl (C=O) groups is 1. The van der Waals surface area contributed by atoms with Crippen molar-refractivity contribution in [1.29, 1.82) is 0 Å². The Morgan fingerprint density at radius 1 is 1.04 bits per heavy atom. The Morgan fingerprint density at radius 2 is 1.80 bits per heavy atom. The van der Waals surface area contributed by atoms with Crippen LogP contribution in [-0.2, 0) is 4.79 Å². The van der Waals surface area contributed by atoms with E-state index in [1.54, 1.807) is 24.3 Å². The topological polar surface area (TPSA) is 55.8 Å². The molecule has 0 unspecified atom stereocenters. The van der Waals surface area contributed by atoms with Gasteiger partial charge in [-0.3, -0.25) is 0 Å². The molecular weight excluding hydrogens is 316 g/mol. The fourth-order valence-corrected chi connectivity index (χ4v) is 2.35. The second-order valence-electron chi connectivity index (χ2n) is 5.60. The minimum atomic E-state index is -0.975. The van der Waals surface area contributed by atoms with Gasteiger partial charge in [0.05, 0.1) is 18.8 Å². The van der Waals surface area contributed by atoms with Crippen molar-refractivity contribution in [2.24, 2.45) is 0 Å². The number of hydrogen-bond donors (Lipinski definition) is 1. The van der Waals surface area contributed by atoms with Crippen LogP contribution in [0.3, 0.4) is 0 Å². The van der Waals surface area contributed by atoms with Gasteiger partial charge in [0.25, 0.3) is 0 Å². The molecule has 0 fully saturated rings. The van der Waals surface area contributed by atoms with Gasteiger partial charge in [-0.2, -0.15) is 0 Å². The molecule has 0 spiro atoms. The van der Waals surface area contributed by atoms with Crippen molar-refractivity contribution in [3.8, 4) is 11.5 Å². The summed E-state index contributed by atoms with van der Waals surface area (Å²) in [6, 6.07) is 14.6. The van der Waals surface area contributed by atoms with E-state index < -0.39 is 5.97 Å². The molecule has 0 atom stereocenters. The van der Waals surface area contributed by atoms with Crippen molar-refractivity contribution < 1.29 is 19.4 Å². The number of hydrogen-bond acceptors (Lipinski definition) is 3. The molecule has 4 heteroatoms. The number of ether oxygens (including phenoxy) is 2. The van der Waals surface area contributed by atoms with E-state index >= 15 is 0 Å². The van der Waals surface area contributed by atoms with Crippen LogP contribution in [0.1, 0.15) is 37.8 Å². The van der Waals surface area contributed by atoms with Crippen molar-refractivity contribution in [1.82, 2.24) is 0 Å². The third-order valence-corrected chi connectivity index (χ3v) is 3.64. The summed E-state index contributed by atoms with van der Waals surface area (Å²) in [7, 11) is 0. The van der Waals surface area contributed by atoms with E-state index in [1.165, 1.54) is 0 Å². The molecule has 0 amide bonds. The molecule has 4 nitrogen and oxygen atoms in total. The predicted octanol–water partition coefficient (Wildman–Crippen LogP) is 4.89. The third kappa shape index (κ3) is 5.68. The lowest BCUT2D eigenvalue weighted by Crippen LogP contribution is -2.01. The van der Waals surface area contributed by atoms with Gasteiger partial charge in [-0.15, -0.1) is 0 Å². The summed E-state index contributed by atoms with van der Waals surface area (Å²) in [6.07, 6.45) is 3.76. The molecule has 132 valence electrons. The molecule has 0 saturated heterocycles. The summed E-state index contributed by atoms with van der Waals surface area (Å²) in [4.78, 5) is 11.7. The number of aliphatic carboxylic acids is 1. The summed E-state index contributed by atoms with van der Waals surface area (Å²) in [5.41, 5.74) is 1.64. The second-order valence-corrected chi connectivity index (χ2v) is 5.60. The molecule has 0 radical (unpaired) electrons. The van der Waals surface area contributed by atoms with Gasteiger partial charge in [0.1, 0.15) is 11.5 Å². The van der Waals surface area contributed by atoms with Gasteiger partial charge >= 0.3 is 5.97 Å². The number of carboxylic acid groups (broad SMARTS) is 1. The van der Waals surface area contributed by atoms with Crippen LogP contribution in [0.25, 0.3) is 11.6 Å². The molecule has 1 N–H and O–H groups in total. The lowest BCUT2D eigenvalue weighted by Gasteiger charge is -2.08. The molecule has 0 saturated carbocycles. The zero-order valence-corrected chi connectivity index (χ0v) is 14.7.